The van der Waals surface area contributed by atoms with Crippen molar-refractivity contribution in [2.45, 2.75) is 41.5 Å². The van der Waals surface area contributed by atoms with Crippen LogP contribution in [0.5, 0.6) is 0 Å². The molecule has 0 spiro atoms. The van der Waals surface area contributed by atoms with E-state index in [-0.39, 0.29) is 17.0 Å². The maximum absolute atomic E-state index is 13.1. The van der Waals surface area contributed by atoms with Gasteiger partial charge in [-0.2, -0.15) is 0 Å². The molecule has 2 aliphatic carbocycles. The van der Waals surface area contributed by atoms with Gasteiger partial charge in [0, 0.05) is 31.4 Å². The van der Waals surface area contributed by atoms with Crippen LogP contribution in [0.2, 0.25) is 0 Å². The Morgan fingerprint density at radius 1 is 0.615 bits per heavy atom. The van der Waals surface area contributed by atoms with Crippen LogP contribution in [0.1, 0.15) is 61.7 Å². The molecule has 2 aliphatic rings. The first-order chi connectivity index (χ1) is 18.5. The Morgan fingerprint density at radius 2 is 1.18 bits per heavy atom. The number of hydrogen-bond donors (Lipinski definition) is 0. The topological polar surface area (TPSA) is 34.1 Å². The van der Waals surface area contributed by atoms with E-state index >= 15 is 0 Å². The van der Waals surface area contributed by atoms with Crippen molar-refractivity contribution in [1.82, 2.24) is 0 Å². The van der Waals surface area contributed by atoms with Crippen molar-refractivity contribution in [3.8, 4) is 0 Å². The summed E-state index contributed by atoms with van der Waals surface area (Å²) in [6.45, 7) is 12.0. The average molecular weight is 549 g/mol. The molecule has 0 aliphatic heterocycles. The number of carbonyl (C=O) groups excluding carboxylic acids is 2. The van der Waals surface area contributed by atoms with Crippen LogP contribution in [-0.4, -0.2) is 11.6 Å². The van der Waals surface area contributed by atoms with E-state index in [2.05, 4.69) is 80.8 Å². The molecule has 0 fully saturated rings. The largest absolute Gasteiger partial charge is 0.289 e. The molecule has 2 aromatic heterocycles. The fourth-order valence-electron chi connectivity index (χ4n) is 5.06. The number of carbonyl (C=O) groups is 2. The highest BCUT2D eigenvalue weighted by atomic mass is 32.1. The second-order valence-corrected chi connectivity index (χ2v) is 13.1. The van der Waals surface area contributed by atoms with E-state index < -0.39 is 0 Å². The first kappa shape index (κ1) is 27.0. The molecule has 39 heavy (non-hydrogen) atoms. The molecule has 2 nitrogen and oxygen atoms in total. The standard InChI is InChI=1S/C35H32O2S2/c1-21-17-25(18-22(2)33(21)36)31(24-11-8-7-9-12-24)29-14-15-30(39-29)32(28-13-10-16-38-28)26-19-23(3)34(37)27(20-26)35(4,5)6/h7-20H,1-6H3. The molecule has 0 N–H and O–H groups in total. The van der Waals surface area contributed by atoms with Crippen LogP contribution >= 0.6 is 22.7 Å². The van der Waals surface area contributed by atoms with Gasteiger partial charge in [0.15, 0.2) is 11.6 Å². The van der Waals surface area contributed by atoms with Gasteiger partial charge in [-0.1, -0.05) is 57.2 Å². The molecule has 0 radical (unpaired) electrons. The highest BCUT2D eigenvalue weighted by Crippen LogP contribution is 2.43. The molecule has 0 saturated carbocycles. The van der Waals surface area contributed by atoms with Crippen LogP contribution in [0.3, 0.4) is 0 Å². The summed E-state index contributed by atoms with van der Waals surface area (Å²) in [5.74, 6) is 0.217. The SMILES string of the molecule is CC1=CC(=C(c2ccccc2)c2ccc(C(=C3C=C(C)C(=O)C(C(C)(C)C)=C3)c3cccs3)s2)C=C(C)C1=O. The maximum Gasteiger partial charge on any atom is 0.185 e. The van der Waals surface area contributed by atoms with Gasteiger partial charge in [0.25, 0.3) is 0 Å². The van der Waals surface area contributed by atoms with Gasteiger partial charge in [-0.3, -0.25) is 9.59 Å². The van der Waals surface area contributed by atoms with E-state index in [1.165, 1.54) is 4.88 Å². The molecule has 196 valence electrons. The van der Waals surface area contributed by atoms with Crippen LogP contribution in [0.15, 0.2) is 118 Å². The Morgan fingerprint density at radius 3 is 1.74 bits per heavy atom. The van der Waals surface area contributed by atoms with Crippen LogP contribution in [0.25, 0.3) is 11.1 Å². The van der Waals surface area contributed by atoms with E-state index in [4.69, 9.17) is 0 Å². The predicted molar refractivity (Wildman–Crippen MR) is 166 cm³/mol. The first-order valence-electron chi connectivity index (χ1n) is 13.1. The second kappa shape index (κ2) is 10.5. The summed E-state index contributed by atoms with van der Waals surface area (Å²) in [5, 5.41) is 2.10. The molecular formula is C35H32O2S2. The van der Waals surface area contributed by atoms with E-state index in [0.29, 0.717) is 0 Å². The molecule has 0 amide bonds. The van der Waals surface area contributed by atoms with E-state index in [1.54, 1.807) is 22.7 Å². The highest BCUT2D eigenvalue weighted by molar-refractivity contribution is 7.15. The van der Waals surface area contributed by atoms with Gasteiger partial charge in [0.05, 0.1) is 0 Å². The minimum absolute atomic E-state index is 0.0955. The summed E-state index contributed by atoms with van der Waals surface area (Å²) in [7, 11) is 0. The van der Waals surface area contributed by atoms with Gasteiger partial charge >= 0.3 is 0 Å². The van der Waals surface area contributed by atoms with E-state index in [0.717, 1.165) is 59.9 Å². The fourth-order valence-corrected chi connectivity index (χ4v) is 7.11. The van der Waals surface area contributed by atoms with Gasteiger partial charge in [-0.25, -0.2) is 0 Å². The summed E-state index contributed by atoms with van der Waals surface area (Å²) in [4.78, 5) is 29.0. The number of thiophene rings is 2. The molecule has 5 rings (SSSR count). The summed E-state index contributed by atoms with van der Waals surface area (Å²) in [6, 6.07) is 19.0. The molecule has 1 aromatic carbocycles. The molecule has 0 atom stereocenters. The third kappa shape index (κ3) is 5.32. The lowest BCUT2D eigenvalue weighted by molar-refractivity contribution is -0.113. The van der Waals surface area contributed by atoms with Crippen molar-refractivity contribution in [2.75, 3.05) is 0 Å². The lowest BCUT2D eigenvalue weighted by Gasteiger charge is -2.26. The highest BCUT2D eigenvalue weighted by Gasteiger charge is 2.29. The number of rotatable bonds is 4. The van der Waals surface area contributed by atoms with Crippen molar-refractivity contribution in [2.24, 2.45) is 5.41 Å². The smallest absolute Gasteiger partial charge is 0.185 e. The lowest BCUT2D eigenvalue weighted by Crippen LogP contribution is -2.21. The molecule has 2 heterocycles. The quantitative estimate of drug-likeness (QED) is 0.325. The van der Waals surface area contributed by atoms with Crippen LogP contribution in [0, 0.1) is 5.41 Å². The maximum atomic E-state index is 13.1. The average Bonchev–Trinajstić information content (AvgIpc) is 3.58. The lowest BCUT2D eigenvalue weighted by atomic mass is 9.77. The van der Waals surface area contributed by atoms with E-state index in [9.17, 15) is 9.59 Å². The zero-order valence-electron chi connectivity index (χ0n) is 23.2. The third-order valence-electron chi connectivity index (χ3n) is 7.05. The molecular weight excluding hydrogens is 517 g/mol. The van der Waals surface area contributed by atoms with Gasteiger partial charge in [-0.05, 0) is 107 Å². The molecule has 3 aromatic rings. The van der Waals surface area contributed by atoms with Crippen LogP contribution in [0.4, 0.5) is 0 Å². The predicted octanol–water partition coefficient (Wildman–Crippen LogP) is 9.39. The summed E-state index contributed by atoms with van der Waals surface area (Å²) in [6.07, 6.45) is 8.14. The summed E-state index contributed by atoms with van der Waals surface area (Å²) >= 11 is 3.46. The zero-order valence-corrected chi connectivity index (χ0v) is 24.8. The number of benzene rings is 1. The third-order valence-corrected chi connectivity index (χ3v) is 9.06. The minimum atomic E-state index is -0.253. The van der Waals surface area contributed by atoms with Crippen LogP contribution in [-0.2, 0) is 9.59 Å². The summed E-state index contributed by atoms with van der Waals surface area (Å²) in [5.41, 5.74) is 8.34. The molecule has 4 heteroatoms. The van der Waals surface area contributed by atoms with Crippen molar-refractivity contribution in [3.63, 3.8) is 0 Å². The minimum Gasteiger partial charge on any atom is -0.289 e. The number of hydrogen-bond acceptors (Lipinski definition) is 4. The van der Waals surface area contributed by atoms with E-state index in [1.807, 2.05) is 45.1 Å². The Bertz CT molecular complexity index is 1630. The Labute approximate surface area is 239 Å². The monoisotopic (exact) mass is 548 g/mol. The van der Waals surface area contributed by atoms with Crippen molar-refractivity contribution < 1.29 is 9.59 Å². The normalized spacial score (nSPS) is 17.4. The molecule has 0 unspecified atom stereocenters. The van der Waals surface area contributed by atoms with Gasteiger partial charge in [0.1, 0.15) is 0 Å². The Kier molecular flexibility index (Phi) is 7.28. The molecule has 0 saturated heterocycles. The first-order valence-corrected chi connectivity index (χ1v) is 14.8. The van der Waals surface area contributed by atoms with Crippen molar-refractivity contribution in [1.29, 1.82) is 0 Å². The zero-order chi connectivity index (χ0) is 27.9. The van der Waals surface area contributed by atoms with Crippen molar-refractivity contribution in [3.05, 3.63) is 138 Å². The van der Waals surface area contributed by atoms with Gasteiger partial charge in [-0.15, -0.1) is 22.7 Å². The fraction of sp³-hybridized carbons (Fsp3) is 0.200. The number of Topliss-reactive ketones (excluding diaryl/α,β-unsaturated/α-hetero) is 2. The van der Waals surface area contributed by atoms with Crippen LogP contribution < -0.4 is 0 Å². The van der Waals surface area contributed by atoms with Crippen molar-refractivity contribution >= 4 is 45.4 Å². The number of allylic oxidation sites excluding steroid dienone is 10. The van der Waals surface area contributed by atoms with Gasteiger partial charge in [0.2, 0.25) is 0 Å². The Balaban J connectivity index is 1.74. The second-order valence-electron chi connectivity index (χ2n) is 11.1. The Hall–Kier alpha value is -3.60. The number of ketones is 2. The van der Waals surface area contributed by atoms with Gasteiger partial charge < -0.3 is 0 Å². The molecule has 0 bridgehead atoms. The summed E-state index contributed by atoms with van der Waals surface area (Å²) < 4.78 is 0.